The fraction of sp³-hybridized carbons (Fsp3) is 0.0526. The Morgan fingerprint density at radius 3 is 1.00 bits per heavy atom. The van der Waals surface area contributed by atoms with Gasteiger partial charge in [0, 0.05) is 40.7 Å². The molecule has 9 heteroatoms. The van der Waals surface area contributed by atoms with E-state index in [4.69, 9.17) is 0 Å². The third-order valence-electron chi connectivity index (χ3n) is 4.18. The molecule has 0 aliphatic rings. The summed E-state index contributed by atoms with van der Waals surface area (Å²) in [6, 6.07) is 2.40. The first-order chi connectivity index (χ1) is 13.1. The second-order valence-electron chi connectivity index (χ2n) is 6.14. The zero-order chi connectivity index (χ0) is 20.7. The Morgan fingerprint density at radius 1 is 0.464 bits per heavy atom. The van der Waals surface area contributed by atoms with Crippen molar-refractivity contribution < 1.29 is 35.1 Å². The van der Waals surface area contributed by atoms with Gasteiger partial charge in [-0.2, -0.15) is 0 Å². The zero-order valence-corrected chi connectivity index (χ0v) is 14.1. The van der Waals surface area contributed by atoms with E-state index in [0.29, 0.717) is 0 Å². The highest BCUT2D eigenvalue weighted by molar-refractivity contribution is 6.95. The van der Waals surface area contributed by atoms with Crippen molar-refractivity contribution in [2.45, 2.75) is 6.92 Å². The van der Waals surface area contributed by atoms with Crippen LogP contribution in [0.25, 0.3) is 0 Å². The molecule has 3 rings (SSSR count). The maximum atomic E-state index is 14.5. The van der Waals surface area contributed by atoms with E-state index in [2.05, 4.69) is 0 Å². The van der Waals surface area contributed by atoms with Crippen molar-refractivity contribution in [3.8, 4) is 0 Å². The second kappa shape index (κ2) is 7.29. The molecule has 144 valence electrons. The summed E-state index contributed by atoms with van der Waals surface area (Å²) in [5, 5.41) is 0. The summed E-state index contributed by atoms with van der Waals surface area (Å²) < 4.78 is 113. The molecule has 0 aromatic heterocycles. The lowest BCUT2D eigenvalue weighted by atomic mass is 9.36. The van der Waals surface area contributed by atoms with Gasteiger partial charge in [-0.05, 0) is 24.6 Å². The fourth-order valence-electron chi connectivity index (χ4n) is 3.08. The lowest BCUT2D eigenvalue weighted by molar-refractivity contribution is 0.550. The Labute approximate surface area is 154 Å². The van der Waals surface area contributed by atoms with Crippen LogP contribution in [0.4, 0.5) is 35.1 Å². The van der Waals surface area contributed by atoms with Crippen molar-refractivity contribution in [2.24, 2.45) is 0 Å². The summed E-state index contributed by atoms with van der Waals surface area (Å²) in [6.45, 7) is -0.995. The van der Waals surface area contributed by atoms with Crippen LogP contribution in [0.5, 0.6) is 0 Å². The van der Waals surface area contributed by atoms with Gasteiger partial charge in [-0.1, -0.05) is 0 Å². The minimum absolute atomic E-state index is 0.0950. The van der Waals surface area contributed by atoms with Crippen molar-refractivity contribution in [1.82, 2.24) is 0 Å². The SMILES string of the molecule is Cc1cc(F)c(B(c2c(F)cc(F)cc2F)c2c(F)cc(F)cc2F)c(F)c1. The maximum absolute atomic E-state index is 14.5. The summed E-state index contributed by atoms with van der Waals surface area (Å²) in [7, 11) is 0. The quantitative estimate of drug-likeness (QED) is 0.466. The van der Waals surface area contributed by atoms with E-state index in [1.165, 1.54) is 6.92 Å². The molecule has 0 aliphatic heterocycles. The zero-order valence-electron chi connectivity index (χ0n) is 14.1. The molecule has 28 heavy (non-hydrogen) atoms. The Balaban J connectivity index is 2.45. The van der Waals surface area contributed by atoms with E-state index in [9.17, 15) is 35.1 Å². The summed E-state index contributed by atoms with van der Waals surface area (Å²) in [5.74, 6) is -11.8. The van der Waals surface area contributed by atoms with Crippen LogP contribution in [0.3, 0.4) is 0 Å². The Morgan fingerprint density at radius 2 is 0.714 bits per heavy atom. The summed E-state index contributed by atoms with van der Waals surface area (Å²) in [5.41, 5.74) is -3.35. The number of hydrogen-bond donors (Lipinski definition) is 0. The topological polar surface area (TPSA) is 0 Å². The molecular formula is C19H9BF8. The molecule has 3 aromatic carbocycles. The molecule has 0 spiro atoms. The minimum atomic E-state index is -2.32. The van der Waals surface area contributed by atoms with Gasteiger partial charge >= 0.3 is 0 Å². The van der Waals surface area contributed by atoms with Crippen molar-refractivity contribution in [3.05, 3.63) is 88.5 Å². The molecule has 0 radical (unpaired) electrons. The molecule has 0 saturated carbocycles. The van der Waals surface area contributed by atoms with E-state index in [-0.39, 0.29) is 29.8 Å². The van der Waals surface area contributed by atoms with Crippen LogP contribution < -0.4 is 16.4 Å². The Kier molecular flexibility index (Phi) is 5.19. The lowest BCUT2D eigenvalue weighted by Crippen LogP contribution is -2.59. The lowest BCUT2D eigenvalue weighted by Gasteiger charge is -2.20. The molecule has 0 bridgehead atoms. The Hall–Kier alpha value is -2.84. The van der Waals surface area contributed by atoms with Gasteiger partial charge in [0.2, 0.25) is 0 Å². The normalized spacial score (nSPS) is 11.0. The van der Waals surface area contributed by atoms with Gasteiger partial charge in [0.1, 0.15) is 46.5 Å². The van der Waals surface area contributed by atoms with E-state index in [1.807, 2.05) is 0 Å². The summed E-state index contributed by atoms with van der Waals surface area (Å²) in [6.07, 6.45) is 0. The summed E-state index contributed by atoms with van der Waals surface area (Å²) >= 11 is 0. The number of benzene rings is 3. The van der Waals surface area contributed by atoms with Crippen LogP contribution in [0.15, 0.2) is 36.4 Å². The Bertz CT molecular complexity index is 874. The molecule has 3 aromatic rings. The fourth-order valence-corrected chi connectivity index (χ4v) is 3.08. The number of hydrogen-bond acceptors (Lipinski definition) is 0. The van der Waals surface area contributed by atoms with Crippen LogP contribution in [-0.2, 0) is 0 Å². The molecule has 0 N–H and O–H groups in total. The number of halogens is 8. The molecule has 0 atom stereocenters. The molecule has 0 unspecified atom stereocenters. The van der Waals surface area contributed by atoms with Crippen LogP contribution in [0.2, 0.25) is 0 Å². The van der Waals surface area contributed by atoms with Crippen LogP contribution in [0, 0.1) is 53.5 Å². The van der Waals surface area contributed by atoms with Gasteiger partial charge in [-0.25, -0.2) is 35.1 Å². The minimum Gasteiger partial charge on any atom is -0.207 e. The molecule has 0 amide bonds. The highest BCUT2D eigenvalue weighted by Gasteiger charge is 2.37. The highest BCUT2D eigenvalue weighted by atomic mass is 19.2. The van der Waals surface area contributed by atoms with E-state index >= 15 is 0 Å². The predicted octanol–water partition coefficient (Wildman–Crippen LogP) is 3.62. The average molecular weight is 400 g/mol. The van der Waals surface area contributed by atoms with Gasteiger partial charge in [-0.3, -0.25) is 0 Å². The van der Waals surface area contributed by atoms with E-state index in [1.54, 1.807) is 0 Å². The standard InChI is InChI=1S/C19H9BF8/c1-8-2-11(23)17(12(24)3-8)20(18-13(25)4-9(21)5-14(18)26)19-15(27)6-10(22)7-16(19)28/h2-7H,1H3. The van der Waals surface area contributed by atoms with Gasteiger partial charge in [0.05, 0.1) is 0 Å². The molecule has 0 saturated heterocycles. The van der Waals surface area contributed by atoms with Gasteiger partial charge in [0.25, 0.3) is 6.71 Å². The second-order valence-corrected chi connectivity index (χ2v) is 6.14. The van der Waals surface area contributed by atoms with Crippen LogP contribution >= 0.6 is 0 Å². The van der Waals surface area contributed by atoms with Crippen molar-refractivity contribution in [2.75, 3.05) is 0 Å². The van der Waals surface area contributed by atoms with Crippen molar-refractivity contribution in [3.63, 3.8) is 0 Å². The van der Waals surface area contributed by atoms with Crippen LogP contribution in [-0.4, -0.2) is 6.71 Å². The van der Waals surface area contributed by atoms with Crippen molar-refractivity contribution >= 4 is 23.1 Å². The first-order valence-electron chi connectivity index (χ1n) is 7.84. The molecule has 0 heterocycles. The summed E-state index contributed by atoms with van der Waals surface area (Å²) in [4.78, 5) is 0. The van der Waals surface area contributed by atoms with Gasteiger partial charge in [0.15, 0.2) is 0 Å². The largest absolute Gasteiger partial charge is 0.264 e. The first-order valence-corrected chi connectivity index (χ1v) is 7.84. The first kappa shape index (κ1) is 19.9. The van der Waals surface area contributed by atoms with E-state index in [0.717, 1.165) is 12.1 Å². The molecule has 0 nitrogen and oxygen atoms in total. The van der Waals surface area contributed by atoms with Gasteiger partial charge < -0.3 is 0 Å². The number of aryl methyl sites for hydroxylation is 1. The molecule has 0 aliphatic carbocycles. The molecular weight excluding hydrogens is 391 g/mol. The molecule has 0 fully saturated rings. The highest BCUT2D eigenvalue weighted by Crippen LogP contribution is 2.14. The monoisotopic (exact) mass is 400 g/mol. The third-order valence-corrected chi connectivity index (χ3v) is 4.18. The average Bonchev–Trinajstić information content (AvgIpc) is 2.51. The predicted molar refractivity (Wildman–Crippen MR) is 88.4 cm³/mol. The third kappa shape index (κ3) is 3.48. The van der Waals surface area contributed by atoms with E-state index < -0.39 is 69.6 Å². The smallest absolute Gasteiger partial charge is 0.207 e. The van der Waals surface area contributed by atoms with Crippen LogP contribution in [0.1, 0.15) is 5.56 Å². The number of rotatable bonds is 3. The van der Waals surface area contributed by atoms with Crippen molar-refractivity contribution in [1.29, 1.82) is 0 Å². The van der Waals surface area contributed by atoms with Gasteiger partial charge in [-0.15, -0.1) is 0 Å². The maximum Gasteiger partial charge on any atom is 0.264 e.